The highest BCUT2D eigenvalue weighted by atomic mass is 16.5. The lowest BCUT2D eigenvalue weighted by Crippen LogP contribution is -2.46. The van der Waals surface area contributed by atoms with Crippen molar-refractivity contribution in [3.05, 3.63) is 47.2 Å². The highest BCUT2D eigenvalue weighted by Crippen LogP contribution is 2.32. The average molecular weight is 394 g/mol. The van der Waals surface area contributed by atoms with Gasteiger partial charge in [-0.15, -0.1) is 0 Å². The van der Waals surface area contributed by atoms with E-state index in [1.54, 1.807) is 6.20 Å². The fraction of sp³-hybridized carbons (Fsp3) is 0.429. The van der Waals surface area contributed by atoms with Gasteiger partial charge in [0.25, 0.3) is 0 Å². The van der Waals surface area contributed by atoms with E-state index in [2.05, 4.69) is 30.0 Å². The molecule has 1 N–H and O–H groups in total. The Hall–Kier alpha value is -3.00. The molecule has 4 rings (SSSR count). The van der Waals surface area contributed by atoms with E-state index in [0.29, 0.717) is 12.2 Å². The first-order valence-corrected chi connectivity index (χ1v) is 9.97. The molecule has 3 aromatic rings. The summed E-state index contributed by atoms with van der Waals surface area (Å²) >= 11 is 0. The number of anilines is 1. The van der Waals surface area contributed by atoms with Crippen molar-refractivity contribution in [2.24, 2.45) is 0 Å². The predicted molar refractivity (Wildman–Crippen MR) is 111 cm³/mol. The summed E-state index contributed by atoms with van der Waals surface area (Å²) in [5.41, 5.74) is 3.47. The van der Waals surface area contributed by atoms with E-state index in [9.17, 15) is 4.79 Å². The zero-order valence-corrected chi connectivity index (χ0v) is 17.1. The standard InChI is InChI=1S/C21H26N6O2/c1-4-29-21(28)17-12-22-19-14(2)6-5-7-16(19)20(17)27-10-8-26(9-11-27)13-18-23-15(3)24-25-18/h5-7,12H,4,8-11,13H2,1-3H3,(H,23,24,25). The van der Waals surface area contributed by atoms with Gasteiger partial charge < -0.3 is 9.64 Å². The molecule has 0 spiro atoms. The average Bonchev–Trinajstić information content (AvgIpc) is 3.13. The lowest BCUT2D eigenvalue weighted by atomic mass is 10.0. The maximum absolute atomic E-state index is 12.6. The summed E-state index contributed by atoms with van der Waals surface area (Å²) in [7, 11) is 0. The zero-order chi connectivity index (χ0) is 20.4. The number of nitrogens with one attached hydrogen (secondary N) is 1. The number of H-pyrrole nitrogens is 1. The molecule has 3 heterocycles. The van der Waals surface area contributed by atoms with E-state index in [4.69, 9.17) is 4.74 Å². The van der Waals surface area contributed by atoms with Crippen LogP contribution in [0.4, 0.5) is 5.69 Å². The van der Waals surface area contributed by atoms with E-state index in [1.807, 2.05) is 39.0 Å². The molecule has 152 valence electrons. The number of para-hydroxylation sites is 1. The first kappa shape index (κ1) is 19.3. The van der Waals surface area contributed by atoms with Crippen LogP contribution in [0.15, 0.2) is 24.4 Å². The Labute approximate surface area is 169 Å². The molecule has 8 heteroatoms. The molecular formula is C21H26N6O2. The molecule has 2 aromatic heterocycles. The molecule has 1 aliphatic heterocycles. The molecule has 0 saturated carbocycles. The second-order valence-corrected chi connectivity index (χ2v) is 7.31. The summed E-state index contributed by atoms with van der Waals surface area (Å²) in [6, 6.07) is 6.09. The maximum atomic E-state index is 12.6. The number of carbonyl (C=O) groups excluding carboxylic acids is 1. The van der Waals surface area contributed by atoms with E-state index in [-0.39, 0.29) is 5.97 Å². The molecule has 1 saturated heterocycles. The monoisotopic (exact) mass is 394 g/mol. The van der Waals surface area contributed by atoms with Crippen molar-refractivity contribution in [3.8, 4) is 0 Å². The van der Waals surface area contributed by atoms with Gasteiger partial charge in [-0.05, 0) is 26.3 Å². The number of ether oxygens (including phenoxy) is 1. The van der Waals surface area contributed by atoms with Crippen LogP contribution in [0.3, 0.4) is 0 Å². The van der Waals surface area contributed by atoms with Crippen LogP contribution in [0.25, 0.3) is 10.9 Å². The van der Waals surface area contributed by atoms with Crippen LogP contribution in [-0.4, -0.2) is 63.8 Å². The number of hydrogen-bond donors (Lipinski definition) is 1. The van der Waals surface area contributed by atoms with Crippen molar-refractivity contribution in [3.63, 3.8) is 0 Å². The highest BCUT2D eigenvalue weighted by Gasteiger charge is 2.25. The molecule has 1 aromatic carbocycles. The maximum Gasteiger partial charge on any atom is 0.341 e. The van der Waals surface area contributed by atoms with Crippen molar-refractivity contribution in [2.45, 2.75) is 27.3 Å². The lowest BCUT2D eigenvalue weighted by molar-refractivity contribution is 0.0526. The third kappa shape index (κ3) is 3.93. The van der Waals surface area contributed by atoms with Gasteiger partial charge in [0.05, 0.1) is 24.4 Å². The fourth-order valence-electron chi connectivity index (χ4n) is 3.84. The summed E-state index contributed by atoms with van der Waals surface area (Å²) < 4.78 is 5.30. The summed E-state index contributed by atoms with van der Waals surface area (Å²) in [4.78, 5) is 26.2. The van der Waals surface area contributed by atoms with Gasteiger partial charge in [0.1, 0.15) is 11.4 Å². The first-order chi connectivity index (χ1) is 14.1. The van der Waals surface area contributed by atoms with Crippen molar-refractivity contribution >= 4 is 22.6 Å². The minimum atomic E-state index is -0.322. The molecule has 0 bridgehead atoms. The number of aromatic amines is 1. The molecule has 1 aliphatic rings. The quantitative estimate of drug-likeness (QED) is 0.665. The number of fused-ring (bicyclic) bond motifs is 1. The van der Waals surface area contributed by atoms with Crippen LogP contribution in [0.5, 0.6) is 0 Å². The van der Waals surface area contributed by atoms with Gasteiger partial charge >= 0.3 is 5.97 Å². The number of benzene rings is 1. The Bertz CT molecular complexity index is 1020. The van der Waals surface area contributed by atoms with Crippen molar-refractivity contribution < 1.29 is 9.53 Å². The Morgan fingerprint density at radius 2 is 2.00 bits per heavy atom. The summed E-state index contributed by atoms with van der Waals surface area (Å²) in [6.07, 6.45) is 1.66. The molecule has 8 nitrogen and oxygen atoms in total. The Kier molecular flexibility index (Phi) is 5.44. The zero-order valence-electron chi connectivity index (χ0n) is 17.1. The van der Waals surface area contributed by atoms with E-state index in [1.165, 1.54) is 0 Å². The molecule has 0 aliphatic carbocycles. The van der Waals surface area contributed by atoms with Crippen LogP contribution >= 0.6 is 0 Å². The normalized spacial score (nSPS) is 15.1. The fourth-order valence-corrected chi connectivity index (χ4v) is 3.84. The predicted octanol–water partition coefficient (Wildman–Crippen LogP) is 2.47. The minimum Gasteiger partial charge on any atom is -0.462 e. The van der Waals surface area contributed by atoms with Gasteiger partial charge in [-0.3, -0.25) is 15.0 Å². The largest absolute Gasteiger partial charge is 0.462 e. The van der Waals surface area contributed by atoms with Crippen molar-refractivity contribution in [1.29, 1.82) is 0 Å². The first-order valence-electron chi connectivity index (χ1n) is 9.97. The Morgan fingerprint density at radius 1 is 1.21 bits per heavy atom. The third-order valence-electron chi connectivity index (χ3n) is 5.26. The van der Waals surface area contributed by atoms with Crippen LogP contribution in [-0.2, 0) is 11.3 Å². The van der Waals surface area contributed by atoms with E-state index >= 15 is 0 Å². The summed E-state index contributed by atoms with van der Waals surface area (Å²) in [5.74, 6) is 1.32. The second kappa shape index (κ2) is 8.16. The number of aryl methyl sites for hydroxylation is 2. The lowest BCUT2D eigenvalue weighted by Gasteiger charge is -2.36. The number of pyridine rings is 1. The molecular weight excluding hydrogens is 368 g/mol. The van der Waals surface area contributed by atoms with Gasteiger partial charge in [0.2, 0.25) is 0 Å². The number of piperazine rings is 1. The molecule has 29 heavy (non-hydrogen) atoms. The van der Waals surface area contributed by atoms with E-state index < -0.39 is 0 Å². The van der Waals surface area contributed by atoms with Gasteiger partial charge in [0, 0.05) is 37.8 Å². The van der Waals surface area contributed by atoms with Crippen LogP contribution in [0.2, 0.25) is 0 Å². The van der Waals surface area contributed by atoms with Gasteiger partial charge in [-0.2, -0.15) is 5.10 Å². The number of carbonyl (C=O) groups is 1. The Morgan fingerprint density at radius 3 is 2.69 bits per heavy atom. The topological polar surface area (TPSA) is 87.2 Å². The van der Waals surface area contributed by atoms with Crippen molar-refractivity contribution in [2.75, 3.05) is 37.7 Å². The molecule has 0 atom stereocenters. The smallest absolute Gasteiger partial charge is 0.341 e. The van der Waals surface area contributed by atoms with Gasteiger partial charge in [-0.25, -0.2) is 9.78 Å². The molecule has 1 fully saturated rings. The number of aromatic nitrogens is 4. The SMILES string of the molecule is CCOC(=O)c1cnc2c(C)cccc2c1N1CCN(Cc2n[nH]c(C)n2)CC1. The van der Waals surface area contributed by atoms with Crippen molar-refractivity contribution in [1.82, 2.24) is 25.1 Å². The Balaban J connectivity index is 1.61. The number of esters is 1. The molecule has 0 unspecified atom stereocenters. The van der Waals surface area contributed by atoms with Gasteiger partial charge in [-0.1, -0.05) is 18.2 Å². The second-order valence-electron chi connectivity index (χ2n) is 7.31. The van der Waals surface area contributed by atoms with Crippen LogP contribution in [0, 0.1) is 13.8 Å². The van der Waals surface area contributed by atoms with E-state index in [0.717, 1.165) is 66.5 Å². The number of hydrogen-bond acceptors (Lipinski definition) is 7. The molecule has 0 radical (unpaired) electrons. The minimum absolute atomic E-state index is 0.322. The van der Waals surface area contributed by atoms with Gasteiger partial charge in [0.15, 0.2) is 5.82 Å². The molecule has 0 amide bonds. The number of rotatable bonds is 5. The summed E-state index contributed by atoms with van der Waals surface area (Å²) in [6.45, 7) is 10.2. The van der Waals surface area contributed by atoms with Crippen LogP contribution < -0.4 is 4.90 Å². The number of nitrogens with zero attached hydrogens (tertiary/aromatic N) is 5. The summed E-state index contributed by atoms with van der Waals surface area (Å²) in [5, 5.41) is 8.12. The highest BCUT2D eigenvalue weighted by molar-refractivity contribution is 6.05. The van der Waals surface area contributed by atoms with Crippen LogP contribution in [0.1, 0.15) is 34.5 Å². The third-order valence-corrected chi connectivity index (χ3v) is 5.26.